The number of ether oxygens (including phenoxy) is 2. The lowest BCUT2D eigenvalue weighted by molar-refractivity contribution is 0.171. The second-order valence-corrected chi connectivity index (χ2v) is 3.94. The molecule has 1 aliphatic rings. The number of nitrogens with one attached hydrogen (secondary N) is 1. The Bertz CT molecular complexity index is 496. The number of aryl methyl sites for hydroxylation is 2. The van der Waals surface area contributed by atoms with Gasteiger partial charge in [-0.1, -0.05) is 6.07 Å². The molecule has 1 aromatic heterocycles. The summed E-state index contributed by atoms with van der Waals surface area (Å²) in [7, 11) is 0. The van der Waals surface area contributed by atoms with Crippen molar-refractivity contribution in [2.75, 3.05) is 13.2 Å². The van der Waals surface area contributed by atoms with Crippen LogP contribution in [0.15, 0.2) is 24.4 Å². The first-order valence-corrected chi connectivity index (χ1v) is 5.65. The molecular formula is C12H13N3O2. The Labute approximate surface area is 98.8 Å². The van der Waals surface area contributed by atoms with Gasteiger partial charge in [0.2, 0.25) is 0 Å². The number of rotatable bonds is 3. The van der Waals surface area contributed by atoms with Gasteiger partial charge in [0, 0.05) is 0 Å². The van der Waals surface area contributed by atoms with Gasteiger partial charge in [0.1, 0.15) is 13.2 Å². The minimum absolute atomic E-state index is 0.625. The molecule has 0 saturated heterocycles. The number of benzene rings is 1. The van der Waals surface area contributed by atoms with E-state index in [2.05, 4.69) is 21.5 Å². The third-order valence-electron chi connectivity index (χ3n) is 2.74. The van der Waals surface area contributed by atoms with E-state index in [1.807, 2.05) is 12.1 Å². The quantitative estimate of drug-likeness (QED) is 0.866. The van der Waals surface area contributed by atoms with Gasteiger partial charge in [0.25, 0.3) is 0 Å². The normalized spacial score (nSPS) is 13.6. The van der Waals surface area contributed by atoms with Gasteiger partial charge < -0.3 is 9.47 Å². The van der Waals surface area contributed by atoms with E-state index < -0.39 is 0 Å². The van der Waals surface area contributed by atoms with Crippen LogP contribution >= 0.6 is 0 Å². The third-order valence-corrected chi connectivity index (χ3v) is 2.74. The van der Waals surface area contributed by atoms with Gasteiger partial charge in [-0.2, -0.15) is 15.4 Å². The Morgan fingerprint density at radius 1 is 1.12 bits per heavy atom. The number of H-pyrrole nitrogens is 1. The highest BCUT2D eigenvalue weighted by Gasteiger charge is 2.11. The van der Waals surface area contributed by atoms with Crippen molar-refractivity contribution in [1.82, 2.24) is 15.4 Å². The van der Waals surface area contributed by atoms with Gasteiger partial charge in [-0.15, -0.1) is 0 Å². The van der Waals surface area contributed by atoms with Crippen LogP contribution in [0.2, 0.25) is 0 Å². The molecule has 88 valence electrons. The van der Waals surface area contributed by atoms with Crippen LogP contribution in [0.1, 0.15) is 11.3 Å². The average molecular weight is 231 g/mol. The molecule has 2 aromatic rings. The molecule has 5 nitrogen and oxygen atoms in total. The molecule has 3 rings (SSSR count). The maximum atomic E-state index is 5.54. The highest BCUT2D eigenvalue weighted by Crippen LogP contribution is 2.30. The van der Waals surface area contributed by atoms with Gasteiger partial charge in [-0.3, -0.25) is 0 Å². The summed E-state index contributed by atoms with van der Waals surface area (Å²) in [6.45, 7) is 1.25. The predicted molar refractivity (Wildman–Crippen MR) is 61.2 cm³/mol. The maximum absolute atomic E-state index is 5.54. The van der Waals surface area contributed by atoms with Crippen LogP contribution in [0.25, 0.3) is 0 Å². The summed E-state index contributed by atoms with van der Waals surface area (Å²) < 4.78 is 11.0. The lowest BCUT2D eigenvalue weighted by atomic mass is 10.1. The molecule has 5 heteroatoms. The summed E-state index contributed by atoms with van der Waals surface area (Å²) in [6.07, 6.45) is 3.54. The van der Waals surface area contributed by atoms with Crippen molar-refractivity contribution in [2.45, 2.75) is 12.8 Å². The third kappa shape index (κ3) is 2.22. The minimum Gasteiger partial charge on any atom is -0.486 e. The minimum atomic E-state index is 0.625. The van der Waals surface area contributed by atoms with E-state index in [4.69, 9.17) is 9.47 Å². The first kappa shape index (κ1) is 10.1. The summed E-state index contributed by atoms with van der Waals surface area (Å²) in [5.74, 6) is 1.68. The molecule has 0 bridgehead atoms. The summed E-state index contributed by atoms with van der Waals surface area (Å²) in [6, 6.07) is 6.06. The van der Waals surface area contributed by atoms with Crippen LogP contribution in [0, 0.1) is 0 Å². The summed E-state index contributed by atoms with van der Waals surface area (Å²) in [5.41, 5.74) is 2.19. The highest BCUT2D eigenvalue weighted by molar-refractivity contribution is 5.43. The van der Waals surface area contributed by atoms with Gasteiger partial charge in [0.15, 0.2) is 11.5 Å². The topological polar surface area (TPSA) is 60.0 Å². The van der Waals surface area contributed by atoms with Crippen molar-refractivity contribution in [3.8, 4) is 11.5 Å². The van der Waals surface area contributed by atoms with E-state index in [0.717, 1.165) is 30.0 Å². The van der Waals surface area contributed by atoms with Crippen molar-refractivity contribution in [2.24, 2.45) is 0 Å². The van der Waals surface area contributed by atoms with Crippen LogP contribution in [0.5, 0.6) is 11.5 Å². The molecule has 0 atom stereocenters. The van der Waals surface area contributed by atoms with E-state index >= 15 is 0 Å². The lowest BCUT2D eigenvalue weighted by Crippen LogP contribution is -2.15. The Morgan fingerprint density at radius 2 is 2.00 bits per heavy atom. The second-order valence-electron chi connectivity index (χ2n) is 3.94. The molecular weight excluding hydrogens is 218 g/mol. The van der Waals surface area contributed by atoms with Crippen molar-refractivity contribution in [3.05, 3.63) is 35.7 Å². The average Bonchev–Trinajstić information content (AvgIpc) is 2.89. The molecule has 2 heterocycles. The molecule has 17 heavy (non-hydrogen) atoms. The fourth-order valence-corrected chi connectivity index (χ4v) is 1.86. The Balaban J connectivity index is 1.71. The molecule has 0 fully saturated rings. The fraction of sp³-hybridized carbons (Fsp3) is 0.333. The van der Waals surface area contributed by atoms with Crippen molar-refractivity contribution in [3.63, 3.8) is 0 Å². The summed E-state index contributed by atoms with van der Waals surface area (Å²) >= 11 is 0. The van der Waals surface area contributed by atoms with Crippen molar-refractivity contribution < 1.29 is 9.47 Å². The van der Waals surface area contributed by atoms with Crippen LogP contribution in [0.3, 0.4) is 0 Å². The number of hydrogen-bond acceptors (Lipinski definition) is 4. The van der Waals surface area contributed by atoms with Crippen LogP contribution < -0.4 is 9.47 Å². The molecule has 0 saturated carbocycles. The SMILES string of the molecule is c1cc2c(cc1CCc1cn[nH]n1)OCCO2. The molecule has 1 N–H and O–H groups in total. The Hall–Kier alpha value is -2.04. The molecule has 0 radical (unpaired) electrons. The van der Waals surface area contributed by atoms with E-state index in [1.54, 1.807) is 6.20 Å². The van der Waals surface area contributed by atoms with Gasteiger partial charge in [-0.25, -0.2) is 0 Å². The zero-order valence-electron chi connectivity index (χ0n) is 9.35. The van der Waals surface area contributed by atoms with E-state index in [1.165, 1.54) is 5.56 Å². The van der Waals surface area contributed by atoms with Gasteiger partial charge in [0.05, 0.1) is 11.9 Å². The Kier molecular flexibility index (Phi) is 2.65. The van der Waals surface area contributed by atoms with E-state index in [0.29, 0.717) is 13.2 Å². The molecule has 0 spiro atoms. The molecule has 0 aliphatic carbocycles. The van der Waals surface area contributed by atoms with Crippen molar-refractivity contribution >= 4 is 0 Å². The molecule has 0 unspecified atom stereocenters. The number of aromatic amines is 1. The predicted octanol–water partition coefficient (Wildman–Crippen LogP) is 1.36. The number of aromatic nitrogens is 3. The lowest BCUT2D eigenvalue weighted by Gasteiger charge is -2.18. The van der Waals surface area contributed by atoms with E-state index in [9.17, 15) is 0 Å². The smallest absolute Gasteiger partial charge is 0.161 e. The monoisotopic (exact) mass is 231 g/mol. The van der Waals surface area contributed by atoms with E-state index in [-0.39, 0.29) is 0 Å². The fourth-order valence-electron chi connectivity index (χ4n) is 1.86. The van der Waals surface area contributed by atoms with Gasteiger partial charge >= 0.3 is 0 Å². The zero-order valence-corrected chi connectivity index (χ0v) is 9.35. The molecule has 0 amide bonds. The summed E-state index contributed by atoms with van der Waals surface area (Å²) in [5, 5.41) is 10.4. The first-order valence-electron chi connectivity index (χ1n) is 5.65. The number of nitrogens with zero attached hydrogens (tertiary/aromatic N) is 2. The zero-order chi connectivity index (χ0) is 11.5. The number of fused-ring (bicyclic) bond motifs is 1. The largest absolute Gasteiger partial charge is 0.486 e. The summed E-state index contributed by atoms with van der Waals surface area (Å²) in [4.78, 5) is 0. The Morgan fingerprint density at radius 3 is 2.82 bits per heavy atom. The highest BCUT2D eigenvalue weighted by atomic mass is 16.6. The first-order chi connectivity index (χ1) is 8.42. The van der Waals surface area contributed by atoms with Crippen LogP contribution in [-0.4, -0.2) is 28.6 Å². The van der Waals surface area contributed by atoms with Crippen LogP contribution in [0.4, 0.5) is 0 Å². The molecule has 1 aliphatic heterocycles. The second kappa shape index (κ2) is 4.45. The molecule has 1 aromatic carbocycles. The standard InChI is InChI=1S/C12H13N3O2/c1(3-10-8-13-15-14-10)9-2-4-11-12(7-9)17-6-5-16-11/h2,4,7-8H,1,3,5-6H2,(H,13,14,15). The van der Waals surface area contributed by atoms with Gasteiger partial charge in [-0.05, 0) is 30.5 Å². The van der Waals surface area contributed by atoms with Crippen molar-refractivity contribution in [1.29, 1.82) is 0 Å². The van der Waals surface area contributed by atoms with Crippen LogP contribution in [-0.2, 0) is 12.8 Å². The number of hydrogen-bond donors (Lipinski definition) is 1. The maximum Gasteiger partial charge on any atom is 0.161 e.